The number of nitrogens with zero attached hydrogens (tertiary/aromatic N) is 3. The van der Waals surface area contributed by atoms with Gasteiger partial charge in [0, 0.05) is 28.0 Å². The van der Waals surface area contributed by atoms with E-state index in [9.17, 15) is 18.0 Å². The first-order valence-corrected chi connectivity index (χ1v) is 9.10. The molecule has 0 saturated heterocycles. The van der Waals surface area contributed by atoms with Crippen molar-refractivity contribution in [3.8, 4) is 28.2 Å². The van der Waals surface area contributed by atoms with Gasteiger partial charge in [-0.05, 0) is 43.3 Å². The van der Waals surface area contributed by atoms with Gasteiger partial charge in [-0.3, -0.25) is 4.79 Å². The third-order valence-electron chi connectivity index (χ3n) is 4.48. The predicted molar refractivity (Wildman–Crippen MR) is 105 cm³/mol. The summed E-state index contributed by atoms with van der Waals surface area (Å²) in [6, 6.07) is 12.9. The Morgan fingerprint density at radius 2 is 1.73 bits per heavy atom. The highest BCUT2D eigenvalue weighted by atomic mass is 35.5. The van der Waals surface area contributed by atoms with E-state index in [0.717, 1.165) is 0 Å². The van der Waals surface area contributed by atoms with Crippen LogP contribution < -0.4 is 0 Å². The van der Waals surface area contributed by atoms with Gasteiger partial charge in [0.05, 0.1) is 17.6 Å². The fourth-order valence-electron chi connectivity index (χ4n) is 2.99. The van der Waals surface area contributed by atoms with Crippen LogP contribution in [0.5, 0.6) is 0 Å². The number of ketones is 1. The second kappa shape index (κ2) is 7.46. The van der Waals surface area contributed by atoms with Crippen LogP contribution in [0.3, 0.4) is 0 Å². The summed E-state index contributed by atoms with van der Waals surface area (Å²) >= 11 is 5.87. The number of alkyl halides is 3. The maximum absolute atomic E-state index is 13.6. The molecular formula is C21H13ClF3N3O2. The van der Waals surface area contributed by atoms with E-state index in [0.29, 0.717) is 21.8 Å². The predicted octanol–water partition coefficient (Wildman–Crippen LogP) is 6.07. The normalized spacial score (nSPS) is 11.6. The van der Waals surface area contributed by atoms with Gasteiger partial charge in [-0.25, -0.2) is 4.98 Å². The SMILES string of the molecule is CC(=O)c1ccc(-n2cnc(-c3c(-c4ccc(Cl)cc4)noc3C(F)(F)F)c2)cc1. The topological polar surface area (TPSA) is 60.9 Å². The van der Waals surface area contributed by atoms with Crippen LogP contribution in [0.25, 0.3) is 28.2 Å². The molecule has 0 spiro atoms. The molecule has 2 aromatic carbocycles. The second-order valence-corrected chi connectivity index (χ2v) is 6.95. The number of carbonyl (C=O) groups is 1. The van der Waals surface area contributed by atoms with Crippen LogP contribution in [-0.2, 0) is 6.18 Å². The molecule has 9 heteroatoms. The van der Waals surface area contributed by atoms with E-state index in [1.54, 1.807) is 53.1 Å². The van der Waals surface area contributed by atoms with Gasteiger partial charge in [-0.15, -0.1) is 0 Å². The van der Waals surface area contributed by atoms with Crippen LogP contribution in [0.15, 0.2) is 65.6 Å². The number of hydrogen-bond acceptors (Lipinski definition) is 4. The monoisotopic (exact) mass is 431 g/mol. The number of carbonyl (C=O) groups excluding carboxylic acids is 1. The molecule has 0 fully saturated rings. The minimum absolute atomic E-state index is 0.0103. The van der Waals surface area contributed by atoms with Gasteiger partial charge >= 0.3 is 6.18 Å². The Labute approximate surface area is 173 Å². The first-order valence-electron chi connectivity index (χ1n) is 8.72. The Bertz CT molecular complexity index is 1210. The highest BCUT2D eigenvalue weighted by molar-refractivity contribution is 6.30. The molecule has 0 radical (unpaired) electrons. The summed E-state index contributed by atoms with van der Waals surface area (Å²) in [6.45, 7) is 1.45. The number of aromatic nitrogens is 3. The zero-order valence-corrected chi connectivity index (χ0v) is 16.2. The lowest BCUT2D eigenvalue weighted by Gasteiger charge is -2.05. The van der Waals surface area contributed by atoms with Crippen molar-refractivity contribution in [1.29, 1.82) is 0 Å². The van der Waals surface area contributed by atoms with E-state index in [4.69, 9.17) is 11.6 Å². The van der Waals surface area contributed by atoms with Crippen LogP contribution in [0.1, 0.15) is 23.0 Å². The molecule has 0 atom stereocenters. The number of imidazole rings is 1. The van der Waals surface area contributed by atoms with E-state index in [2.05, 4.69) is 14.7 Å². The molecule has 152 valence electrons. The molecule has 2 aromatic heterocycles. The van der Waals surface area contributed by atoms with Gasteiger partial charge in [0.25, 0.3) is 0 Å². The number of halogens is 4. The van der Waals surface area contributed by atoms with E-state index >= 15 is 0 Å². The Kier molecular flexibility index (Phi) is 4.95. The zero-order valence-electron chi connectivity index (χ0n) is 15.4. The highest BCUT2D eigenvalue weighted by Crippen LogP contribution is 2.42. The van der Waals surface area contributed by atoms with Gasteiger partial charge in [-0.2, -0.15) is 13.2 Å². The number of hydrogen-bond donors (Lipinski definition) is 0. The molecule has 0 aliphatic rings. The summed E-state index contributed by atoms with van der Waals surface area (Å²) in [4.78, 5) is 15.6. The molecule has 5 nitrogen and oxygen atoms in total. The number of Topliss-reactive ketones (excluding diaryl/α,β-unsaturated/α-hetero) is 1. The lowest BCUT2D eigenvalue weighted by molar-refractivity contribution is -0.154. The van der Waals surface area contributed by atoms with Gasteiger partial charge in [-0.1, -0.05) is 28.9 Å². The lowest BCUT2D eigenvalue weighted by Crippen LogP contribution is -2.05. The molecular weight excluding hydrogens is 419 g/mol. The van der Waals surface area contributed by atoms with Crippen LogP contribution in [0.4, 0.5) is 13.2 Å². The minimum Gasteiger partial charge on any atom is -0.350 e. The molecule has 30 heavy (non-hydrogen) atoms. The summed E-state index contributed by atoms with van der Waals surface area (Å²) in [5.41, 5.74) is 1.37. The average molecular weight is 432 g/mol. The van der Waals surface area contributed by atoms with Crippen molar-refractivity contribution >= 4 is 17.4 Å². The largest absolute Gasteiger partial charge is 0.453 e. The molecule has 0 aliphatic carbocycles. The van der Waals surface area contributed by atoms with Crippen molar-refractivity contribution in [2.24, 2.45) is 0 Å². The van der Waals surface area contributed by atoms with Crippen molar-refractivity contribution in [3.63, 3.8) is 0 Å². The van der Waals surface area contributed by atoms with Crippen LogP contribution >= 0.6 is 11.6 Å². The molecule has 0 saturated carbocycles. The van der Waals surface area contributed by atoms with E-state index in [1.807, 2.05) is 0 Å². The molecule has 0 aliphatic heterocycles. The first-order chi connectivity index (χ1) is 14.2. The Morgan fingerprint density at radius 3 is 2.33 bits per heavy atom. The molecule has 4 aromatic rings. The van der Waals surface area contributed by atoms with Crippen LogP contribution in [0, 0.1) is 0 Å². The van der Waals surface area contributed by atoms with Gasteiger partial charge in [0.2, 0.25) is 5.76 Å². The molecule has 0 unspecified atom stereocenters. The molecule has 0 N–H and O–H groups in total. The summed E-state index contributed by atoms with van der Waals surface area (Å²) in [5, 5.41) is 4.09. The fourth-order valence-corrected chi connectivity index (χ4v) is 3.11. The van der Waals surface area contributed by atoms with Crippen molar-refractivity contribution in [2.75, 3.05) is 0 Å². The average Bonchev–Trinajstić information content (AvgIpc) is 3.35. The molecule has 2 heterocycles. The minimum atomic E-state index is -4.75. The van der Waals surface area contributed by atoms with Crippen molar-refractivity contribution in [2.45, 2.75) is 13.1 Å². The van der Waals surface area contributed by atoms with Crippen LogP contribution in [0.2, 0.25) is 5.02 Å². The van der Waals surface area contributed by atoms with Crippen molar-refractivity contribution in [3.05, 3.63) is 77.4 Å². The molecule has 4 rings (SSSR count). The smallest absolute Gasteiger partial charge is 0.350 e. The summed E-state index contributed by atoms with van der Waals surface area (Å²) in [5.74, 6) is -1.32. The first kappa shape index (κ1) is 19.9. The van der Waals surface area contributed by atoms with Gasteiger partial charge in [0.15, 0.2) is 5.78 Å². The van der Waals surface area contributed by atoms with Crippen molar-refractivity contribution < 1.29 is 22.5 Å². The molecule has 0 bridgehead atoms. The van der Waals surface area contributed by atoms with Gasteiger partial charge in [0.1, 0.15) is 5.69 Å². The third-order valence-corrected chi connectivity index (χ3v) is 4.73. The number of rotatable bonds is 4. The standard InChI is InChI=1S/C21H13ClF3N3O2/c1-12(29)13-4-8-16(9-5-13)28-10-17(26-11-28)18-19(14-2-6-15(22)7-3-14)27-30-20(18)21(23,24)25/h2-11H,1H3. The maximum Gasteiger partial charge on any atom is 0.453 e. The summed E-state index contributed by atoms with van der Waals surface area (Å²) in [6.07, 6.45) is -1.92. The Balaban J connectivity index is 1.81. The van der Waals surface area contributed by atoms with Gasteiger partial charge < -0.3 is 9.09 Å². The summed E-state index contributed by atoms with van der Waals surface area (Å²) < 4.78 is 46.9. The second-order valence-electron chi connectivity index (χ2n) is 6.51. The Hall–Kier alpha value is -3.39. The quantitative estimate of drug-likeness (QED) is 0.368. The van der Waals surface area contributed by atoms with Crippen molar-refractivity contribution in [1.82, 2.24) is 14.7 Å². The Morgan fingerprint density at radius 1 is 1.07 bits per heavy atom. The maximum atomic E-state index is 13.6. The van der Waals surface area contributed by atoms with E-state index in [1.165, 1.54) is 19.4 Å². The zero-order chi connectivity index (χ0) is 21.5. The third kappa shape index (κ3) is 3.73. The van der Waals surface area contributed by atoms with E-state index in [-0.39, 0.29) is 22.7 Å². The number of benzene rings is 2. The summed E-state index contributed by atoms with van der Waals surface area (Å²) in [7, 11) is 0. The lowest BCUT2D eigenvalue weighted by atomic mass is 10.0. The van der Waals surface area contributed by atoms with Crippen LogP contribution in [-0.4, -0.2) is 20.5 Å². The van der Waals surface area contributed by atoms with E-state index < -0.39 is 11.9 Å². The molecule has 0 amide bonds. The fraction of sp³-hybridized carbons (Fsp3) is 0.0952. The highest BCUT2D eigenvalue weighted by Gasteiger charge is 2.41.